The minimum absolute atomic E-state index is 0.0265. The highest BCUT2D eigenvalue weighted by molar-refractivity contribution is 8.04. The van der Waals surface area contributed by atoms with Gasteiger partial charge in [-0.05, 0) is 0 Å². The van der Waals surface area contributed by atoms with Gasteiger partial charge in [-0.1, -0.05) is 0 Å². The molecule has 1 N–H and O–H groups in total. The molecule has 0 heterocycles. The molecule has 0 fully saturated rings. The second-order valence-electron chi connectivity index (χ2n) is 4.01. The van der Waals surface area contributed by atoms with Gasteiger partial charge in [0.05, 0.1) is 0 Å². The molecule has 0 bridgehead atoms. The molecule has 0 rings (SSSR count). The van der Waals surface area contributed by atoms with E-state index in [9.17, 15) is 60.7 Å². The standard InChI is InChI=1S/C6H5F10NO4S2/c7-3(8,5(11,12)13)1-22(18,19)17-23(20,21)2-4(9,10)6(14,15)16/h17H,1-2H2. The Morgan fingerprint density at radius 1 is 0.565 bits per heavy atom. The molecule has 0 saturated carbocycles. The van der Waals surface area contributed by atoms with Crippen LogP contribution in [0.5, 0.6) is 0 Å². The fourth-order valence-electron chi connectivity index (χ4n) is 0.893. The minimum atomic E-state index is -6.43. The number of hydrogen-bond acceptors (Lipinski definition) is 4. The van der Waals surface area contributed by atoms with Crippen LogP contribution in [0.4, 0.5) is 43.9 Å². The maximum Gasteiger partial charge on any atom is 0.454 e. The van der Waals surface area contributed by atoms with Crippen LogP contribution in [0.1, 0.15) is 0 Å². The van der Waals surface area contributed by atoms with Gasteiger partial charge in [0.2, 0.25) is 20.0 Å². The topological polar surface area (TPSA) is 80.3 Å². The summed E-state index contributed by atoms with van der Waals surface area (Å²) < 4.78 is 164. The Bertz CT molecular complexity index is 575. The molecule has 0 spiro atoms. The number of rotatable bonds is 6. The van der Waals surface area contributed by atoms with Gasteiger partial charge < -0.3 is 0 Å². The van der Waals surface area contributed by atoms with Gasteiger partial charge in [-0.2, -0.15) is 43.9 Å². The fourth-order valence-corrected chi connectivity index (χ4v) is 4.19. The minimum Gasteiger partial charge on any atom is -0.211 e. The van der Waals surface area contributed by atoms with E-state index in [2.05, 4.69) is 0 Å². The Morgan fingerprint density at radius 3 is 0.957 bits per heavy atom. The molecule has 0 amide bonds. The summed E-state index contributed by atoms with van der Waals surface area (Å²) in [5.74, 6) is -18.4. The van der Waals surface area contributed by atoms with Gasteiger partial charge in [0.15, 0.2) is 0 Å². The summed E-state index contributed by atoms with van der Waals surface area (Å²) in [6.45, 7) is 0. The molecule has 17 heteroatoms. The Kier molecular flexibility index (Phi) is 5.69. The molecule has 5 nitrogen and oxygen atoms in total. The number of alkyl halides is 10. The molecule has 0 unspecified atom stereocenters. The summed E-state index contributed by atoms with van der Waals surface area (Å²) in [5.41, 5.74) is 0. The Labute approximate surface area is 121 Å². The van der Waals surface area contributed by atoms with Crippen LogP contribution in [0.15, 0.2) is 0 Å². The fraction of sp³-hybridized carbons (Fsp3) is 1.00. The van der Waals surface area contributed by atoms with Crippen molar-refractivity contribution < 1.29 is 60.7 Å². The first-order chi connectivity index (χ1) is 9.62. The van der Waals surface area contributed by atoms with Crippen LogP contribution in [0.2, 0.25) is 0 Å². The van der Waals surface area contributed by atoms with E-state index in [0.717, 1.165) is 0 Å². The predicted molar refractivity (Wildman–Crippen MR) is 52.7 cm³/mol. The predicted octanol–water partition coefficient (Wildman–Crippen LogP) is 1.63. The van der Waals surface area contributed by atoms with Crippen LogP contribution < -0.4 is 4.13 Å². The second-order valence-corrected chi connectivity index (χ2v) is 7.71. The van der Waals surface area contributed by atoms with Crippen molar-refractivity contribution in [3.05, 3.63) is 0 Å². The third-order valence-electron chi connectivity index (χ3n) is 1.83. The van der Waals surface area contributed by atoms with Gasteiger partial charge in [0, 0.05) is 0 Å². The van der Waals surface area contributed by atoms with Gasteiger partial charge in [-0.25, -0.2) is 16.8 Å². The van der Waals surface area contributed by atoms with Crippen LogP contribution in [0, 0.1) is 0 Å². The molecule has 0 aromatic heterocycles. The van der Waals surface area contributed by atoms with Crippen molar-refractivity contribution in [2.45, 2.75) is 24.2 Å². The lowest BCUT2D eigenvalue weighted by Crippen LogP contribution is -2.50. The highest BCUT2D eigenvalue weighted by atomic mass is 32.3. The largest absolute Gasteiger partial charge is 0.454 e. The number of sulfonamides is 2. The summed E-state index contributed by atoms with van der Waals surface area (Å²) >= 11 is 0. The van der Waals surface area contributed by atoms with Crippen molar-refractivity contribution in [2.24, 2.45) is 0 Å². The lowest BCUT2D eigenvalue weighted by atomic mass is 10.4. The molecule has 140 valence electrons. The van der Waals surface area contributed by atoms with Crippen molar-refractivity contribution in [1.29, 1.82) is 0 Å². The third-order valence-corrected chi connectivity index (χ3v) is 5.34. The van der Waals surface area contributed by atoms with Gasteiger partial charge in [0.1, 0.15) is 11.5 Å². The molecule has 0 aliphatic rings. The van der Waals surface area contributed by atoms with Gasteiger partial charge in [-0.15, -0.1) is 4.13 Å². The SMILES string of the molecule is O=S(=O)(CC(F)(F)C(F)(F)F)NS(=O)(=O)CC(F)(F)C(F)(F)F. The van der Waals surface area contributed by atoms with Crippen LogP contribution in [0.25, 0.3) is 0 Å². The highest BCUT2D eigenvalue weighted by Crippen LogP contribution is 2.37. The smallest absolute Gasteiger partial charge is 0.211 e. The molecule has 23 heavy (non-hydrogen) atoms. The first-order valence-corrected chi connectivity index (χ1v) is 8.05. The average Bonchev–Trinajstić information content (AvgIpc) is 2.05. The zero-order valence-corrected chi connectivity index (χ0v) is 11.8. The Hall–Kier alpha value is -0.840. The summed E-state index contributed by atoms with van der Waals surface area (Å²) in [7, 11) is -12.2. The Balaban J connectivity index is 5.34. The molecule has 0 radical (unpaired) electrons. The maximum atomic E-state index is 12.5. The molecule has 0 aliphatic heterocycles. The molecule has 0 aromatic carbocycles. The lowest BCUT2D eigenvalue weighted by Gasteiger charge is -2.21. The average molecular weight is 409 g/mol. The Morgan fingerprint density at radius 2 is 0.783 bits per heavy atom. The van der Waals surface area contributed by atoms with Crippen molar-refractivity contribution >= 4 is 20.0 Å². The van der Waals surface area contributed by atoms with Crippen molar-refractivity contribution in [3.8, 4) is 0 Å². The van der Waals surface area contributed by atoms with Gasteiger partial charge in [0.25, 0.3) is 0 Å². The zero-order valence-electron chi connectivity index (χ0n) is 10.1. The molecule has 0 aliphatic carbocycles. The van der Waals surface area contributed by atoms with Crippen LogP contribution >= 0.6 is 0 Å². The van der Waals surface area contributed by atoms with E-state index in [1.54, 1.807) is 0 Å². The van der Waals surface area contributed by atoms with Gasteiger partial charge in [-0.3, -0.25) is 0 Å². The molecule has 0 saturated heterocycles. The molecule has 0 aromatic rings. The van der Waals surface area contributed by atoms with Gasteiger partial charge >= 0.3 is 24.2 Å². The van der Waals surface area contributed by atoms with E-state index in [1.807, 2.05) is 0 Å². The number of halogens is 10. The van der Waals surface area contributed by atoms with Crippen LogP contribution in [0.3, 0.4) is 0 Å². The molecular formula is C6H5F10NO4S2. The summed E-state index contributed by atoms with van der Waals surface area (Å²) in [6, 6.07) is 0. The van der Waals surface area contributed by atoms with Crippen LogP contribution in [-0.4, -0.2) is 52.5 Å². The highest BCUT2D eigenvalue weighted by Gasteiger charge is 2.62. The first-order valence-electron chi connectivity index (χ1n) is 4.75. The van der Waals surface area contributed by atoms with E-state index >= 15 is 0 Å². The summed E-state index contributed by atoms with van der Waals surface area (Å²) in [4.78, 5) is 0. The van der Waals surface area contributed by atoms with E-state index in [0.29, 0.717) is 0 Å². The lowest BCUT2D eigenvalue weighted by molar-refractivity contribution is -0.271. The van der Waals surface area contributed by atoms with E-state index in [-0.39, 0.29) is 4.13 Å². The first kappa shape index (κ1) is 22.2. The number of nitrogens with one attached hydrogen (secondary N) is 1. The quantitative estimate of drug-likeness (QED) is 0.677. The molecule has 0 atom stereocenters. The van der Waals surface area contributed by atoms with Crippen molar-refractivity contribution in [2.75, 3.05) is 11.5 Å². The van der Waals surface area contributed by atoms with Crippen molar-refractivity contribution in [3.63, 3.8) is 0 Å². The summed E-state index contributed by atoms with van der Waals surface area (Å²) in [5, 5.41) is 0. The normalized spacial score (nSPS) is 15.7. The molecular weight excluding hydrogens is 404 g/mol. The van der Waals surface area contributed by atoms with E-state index in [4.69, 9.17) is 0 Å². The van der Waals surface area contributed by atoms with E-state index in [1.165, 1.54) is 0 Å². The van der Waals surface area contributed by atoms with E-state index < -0.39 is 55.7 Å². The van der Waals surface area contributed by atoms with Crippen LogP contribution in [-0.2, 0) is 20.0 Å². The third kappa shape index (κ3) is 6.28. The van der Waals surface area contributed by atoms with Crippen molar-refractivity contribution in [1.82, 2.24) is 4.13 Å². The zero-order chi connectivity index (χ0) is 19.1. The second kappa shape index (κ2) is 5.91. The number of hydrogen-bond donors (Lipinski definition) is 1. The monoisotopic (exact) mass is 409 g/mol. The summed E-state index contributed by atoms with van der Waals surface area (Å²) in [6.07, 6.45) is -12.9. The maximum absolute atomic E-state index is 12.5.